The van der Waals surface area contributed by atoms with E-state index in [0.29, 0.717) is 19.6 Å². The van der Waals surface area contributed by atoms with Crippen LogP contribution >= 0.6 is 0 Å². The first-order chi connectivity index (χ1) is 12.5. The van der Waals surface area contributed by atoms with Crippen molar-refractivity contribution in [3.05, 3.63) is 29.8 Å². The van der Waals surface area contributed by atoms with Gasteiger partial charge >= 0.3 is 5.97 Å². The lowest BCUT2D eigenvalue weighted by Gasteiger charge is -2.20. The number of carbonyl (C=O) groups excluding carboxylic acids is 1. The van der Waals surface area contributed by atoms with Crippen LogP contribution in [0.4, 0.5) is 0 Å². The molecule has 0 aliphatic heterocycles. The Morgan fingerprint density at radius 3 is 2.30 bits per heavy atom. The maximum absolute atomic E-state index is 12.2. The summed E-state index contributed by atoms with van der Waals surface area (Å²) in [5.74, 6) is -0.278. The lowest BCUT2D eigenvalue weighted by atomic mass is 10.1. The predicted octanol–water partition coefficient (Wildman–Crippen LogP) is 3.62. The molecule has 1 aliphatic rings. The molecule has 0 bridgehead atoms. The first kappa shape index (κ1) is 21.9. The number of hydrogen-bond acceptors (Lipinski definition) is 6. The van der Waals surface area contributed by atoms with Crippen LogP contribution in [0.25, 0.3) is 0 Å². The van der Waals surface area contributed by atoms with E-state index in [9.17, 15) is 13.2 Å². The van der Waals surface area contributed by atoms with Crippen LogP contribution in [0.1, 0.15) is 52.0 Å². The molecular formula is C20H30O6S. The molecule has 27 heavy (non-hydrogen) atoms. The molecule has 0 radical (unpaired) electrons. The summed E-state index contributed by atoms with van der Waals surface area (Å²) < 4.78 is 40.4. The first-order valence-corrected chi connectivity index (χ1v) is 10.7. The second-order valence-corrected chi connectivity index (χ2v) is 9.84. The van der Waals surface area contributed by atoms with Gasteiger partial charge in [0.15, 0.2) is 0 Å². The number of carbonyl (C=O) groups is 1. The number of hydrogen-bond donors (Lipinski definition) is 0. The first-order valence-electron chi connectivity index (χ1n) is 9.27. The fourth-order valence-electron chi connectivity index (χ4n) is 2.62. The molecule has 6 nitrogen and oxygen atoms in total. The predicted molar refractivity (Wildman–Crippen MR) is 102 cm³/mol. The summed E-state index contributed by atoms with van der Waals surface area (Å²) in [5.41, 5.74) is 0.473. The summed E-state index contributed by atoms with van der Waals surface area (Å²) in [6.07, 6.45) is 2.79. The second-order valence-electron chi connectivity index (χ2n) is 8.23. The smallest absolute Gasteiger partial charge is 0.308 e. The summed E-state index contributed by atoms with van der Waals surface area (Å²) >= 11 is 0. The monoisotopic (exact) mass is 398 g/mol. The van der Waals surface area contributed by atoms with Gasteiger partial charge in [-0.1, -0.05) is 17.7 Å². The van der Waals surface area contributed by atoms with Crippen molar-refractivity contribution in [1.29, 1.82) is 0 Å². The molecule has 152 valence electrons. The van der Waals surface area contributed by atoms with Gasteiger partial charge in [-0.3, -0.25) is 8.98 Å². The van der Waals surface area contributed by atoms with Crippen LogP contribution in [0.3, 0.4) is 0 Å². The molecule has 1 aromatic rings. The summed E-state index contributed by atoms with van der Waals surface area (Å²) in [5, 5.41) is 0. The molecule has 0 aromatic heterocycles. The number of esters is 1. The van der Waals surface area contributed by atoms with Crippen LogP contribution in [0, 0.1) is 12.3 Å². The number of ether oxygens (including phenoxy) is 2. The lowest BCUT2D eigenvalue weighted by molar-refractivity contribution is -0.156. The molecule has 0 amide bonds. The van der Waals surface area contributed by atoms with E-state index in [-0.39, 0.29) is 29.3 Å². The van der Waals surface area contributed by atoms with Gasteiger partial charge in [0.1, 0.15) is 5.60 Å². The maximum Gasteiger partial charge on any atom is 0.308 e. The van der Waals surface area contributed by atoms with Crippen molar-refractivity contribution in [3.63, 3.8) is 0 Å². The highest BCUT2D eigenvalue weighted by atomic mass is 32.2. The molecule has 0 saturated heterocycles. The molecule has 0 heterocycles. The van der Waals surface area contributed by atoms with Crippen molar-refractivity contribution >= 4 is 16.1 Å². The van der Waals surface area contributed by atoms with Crippen LogP contribution in [-0.4, -0.2) is 39.8 Å². The van der Waals surface area contributed by atoms with Crippen LogP contribution in [0.5, 0.6) is 0 Å². The largest absolute Gasteiger partial charge is 0.460 e. The number of benzene rings is 1. The molecule has 1 fully saturated rings. The van der Waals surface area contributed by atoms with Gasteiger partial charge in [0.25, 0.3) is 10.1 Å². The van der Waals surface area contributed by atoms with Gasteiger partial charge in [0, 0.05) is 0 Å². The Labute approximate surface area is 162 Å². The topological polar surface area (TPSA) is 78.9 Å². The third kappa shape index (κ3) is 7.60. The SMILES string of the molecule is Cc1ccc(S(=O)(=O)OCCC2(COCCC(=O)OC(C)(C)C)CC2)cc1. The Balaban J connectivity index is 1.68. The average molecular weight is 399 g/mol. The Bertz CT molecular complexity index is 727. The lowest BCUT2D eigenvalue weighted by Crippen LogP contribution is -2.25. The Hall–Kier alpha value is -1.44. The molecule has 0 N–H and O–H groups in total. The molecule has 2 rings (SSSR count). The van der Waals surface area contributed by atoms with Crippen molar-refractivity contribution in [3.8, 4) is 0 Å². The molecule has 7 heteroatoms. The average Bonchev–Trinajstić information content (AvgIpc) is 3.30. The van der Waals surface area contributed by atoms with Crippen LogP contribution in [-0.2, 0) is 28.6 Å². The highest BCUT2D eigenvalue weighted by Gasteiger charge is 2.42. The molecular weight excluding hydrogens is 368 g/mol. The minimum absolute atomic E-state index is 0.0310. The molecule has 0 spiro atoms. The number of aryl methyl sites for hydroxylation is 1. The Morgan fingerprint density at radius 2 is 1.74 bits per heavy atom. The number of rotatable bonds is 10. The molecule has 0 unspecified atom stereocenters. The van der Waals surface area contributed by atoms with Gasteiger partial charge in [0.05, 0.1) is 31.1 Å². The Morgan fingerprint density at radius 1 is 1.11 bits per heavy atom. The molecule has 0 atom stereocenters. The standard InChI is InChI=1S/C20H30O6S/c1-16-5-7-17(8-6-16)27(22,23)25-14-12-20(10-11-20)15-24-13-9-18(21)26-19(2,3)4/h5-8H,9-15H2,1-4H3. The van der Waals surface area contributed by atoms with Gasteiger partial charge in [-0.25, -0.2) is 0 Å². The normalized spacial score (nSPS) is 16.1. The fraction of sp³-hybridized carbons (Fsp3) is 0.650. The quantitative estimate of drug-likeness (QED) is 0.340. The van der Waals surface area contributed by atoms with E-state index in [1.165, 1.54) is 0 Å². The summed E-state index contributed by atoms with van der Waals surface area (Å²) in [6.45, 7) is 8.33. The summed E-state index contributed by atoms with van der Waals surface area (Å²) in [4.78, 5) is 11.8. The van der Waals surface area contributed by atoms with E-state index in [0.717, 1.165) is 18.4 Å². The van der Waals surface area contributed by atoms with E-state index in [1.807, 2.05) is 27.7 Å². The highest BCUT2D eigenvalue weighted by molar-refractivity contribution is 7.86. The zero-order valence-electron chi connectivity index (χ0n) is 16.6. The minimum Gasteiger partial charge on any atom is -0.460 e. The van der Waals surface area contributed by atoms with E-state index < -0.39 is 15.7 Å². The summed E-state index contributed by atoms with van der Waals surface area (Å²) in [7, 11) is -3.73. The fourth-order valence-corrected chi connectivity index (χ4v) is 3.53. The van der Waals surface area contributed by atoms with E-state index >= 15 is 0 Å². The maximum atomic E-state index is 12.2. The highest BCUT2D eigenvalue weighted by Crippen LogP contribution is 2.49. The Kier molecular flexibility index (Phi) is 7.05. The van der Waals surface area contributed by atoms with Gasteiger partial charge < -0.3 is 9.47 Å². The van der Waals surface area contributed by atoms with Crippen LogP contribution in [0.2, 0.25) is 0 Å². The minimum atomic E-state index is -3.73. The van der Waals surface area contributed by atoms with E-state index in [2.05, 4.69) is 0 Å². The summed E-state index contributed by atoms with van der Waals surface area (Å²) in [6, 6.07) is 6.60. The van der Waals surface area contributed by atoms with Crippen LogP contribution < -0.4 is 0 Å². The van der Waals surface area contributed by atoms with E-state index in [4.69, 9.17) is 13.7 Å². The zero-order valence-corrected chi connectivity index (χ0v) is 17.4. The molecule has 1 saturated carbocycles. The second kappa shape index (κ2) is 8.71. The molecule has 1 aromatic carbocycles. The zero-order chi connectivity index (χ0) is 20.1. The van der Waals surface area contributed by atoms with Crippen molar-refractivity contribution in [2.45, 2.75) is 63.9 Å². The van der Waals surface area contributed by atoms with Crippen LogP contribution in [0.15, 0.2) is 29.2 Å². The van der Waals surface area contributed by atoms with E-state index in [1.54, 1.807) is 24.3 Å². The molecule has 1 aliphatic carbocycles. The van der Waals surface area contributed by atoms with Gasteiger partial charge in [0.2, 0.25) is 0 Å². The van der Waals surface area contributed by atoms with Gasteiger partial charge in [-0.15, -0.1) is 0 Å². The van der Waals surface area contributed by atoms with Crippen molar-refractivity contribution in [2.75, 3.05) is 19.8 Å². The van der Waals surface area contributed by atoms with Crippen molar-refractivity contribution in [2.24, 2.45) is 5.41 Å². The van der Waals surface area contributed by atoms with Crippen molar-refractivity contribution in [1.82, 2.24) is 0 Å². The third-order valence-corrected chi connectivity index (χ3v) is 5.74. The third-order valence-electron chi connectivity index (χ3n) is 4.42. The van der Waals surface area contributed by atoms with Crippen molar-refractivity contribution < 1.29 is 26.9 Å². The van der Waals surface area contributed by atoms with Gasteiger partial charge in [-0.05, 0) is 64.5 Å². The van der Waals surface area contributed by atoms with Gasteiger partial charge in [-0.2, -0.15) is 8.42 Å².